The molecule has 7 nitrogen and oxygen atoms in total. The normalized spacial score (nSPS) is 11.5. The Kier molecular flexibility index (Phi) is 6.15. The Labute approximate surface area is 159 Å². The highest BCUT2D eigenvalue weighted by atomic mass is 79.9. The first-order valence-electron chi connectivity index (χ1n) is 7.22. The number of hydrogen-bond donors (Lipinski definition) is 3. The van der Waals surface area contributed by atoms with Crippen LogP contribution in [-0.4, -0.2) is 18.9 Å². The van der Waals surface area contributed by atoms with Crippen molar-refractivity contribution in [3.8, 4) is 6.07 Å². The summed E-state index contributed by atoms with van der Waals surface area (Å²) in [7, 11) is -4.39. The van der Waals surface area contributed by atoms with Gasteiger partial charge >= 0.3 is 0 Å². The zero-order chi connectivity index (χ0) is 19.3. The average molecular weight is 436 g/mol. The Bertz CT molecular complexity index is 1030. The van der Waals surface area contributed by atoms with Gasteiger partial charge in [0, 0.05) is 22.0 Å². The number of hydrogen-bond acceptors (Lipinski definition) is 5. The molecule has 0 atom stereocenters. The van der Waals surface area contributed by atoms with E-state index in [1.54, 1.807) is 12.1 Å². The fourth-order valence-corrected chi connectivity index (χ4v) is 3.02. The predicted molar refractivity (Wildman–Crippen MR) is 101 cm³/mol. The summed E-state index contributed by atoms with van der Waals surface area (Å²) in [6, 6.07) is 12.3. The van der Waals surface area contributed by atoms with Gasteiger partial charge in [0.25, 0.3) is 16.0 Å². The summed E-state index contributed by atoms with van der Waals surface area (Å²) in [4.78, 5) is 11.8. The van der Waals surface area contributed by atoms with Crippen molar-refractivity contribution < 1.29 is 17.8 Å². The van der Waals surface area contributed by atoms with E-state index in [0.717, 1.165) is 21.8 Å². The van der Waals surface area contributed by atoms with E-state index in [0.29, 0.717) is 0 Å². The molecule has 0 heterocycles. The van der Waals surface area contributed by atoms with Crippen molar-refractivity contribution >= 4 is 43.3 Å². The third-order valence-electron chi connectivity index (χ3n) is 3.32. The lowest BCUT2D eigenvalue weighted by atomic mass is 10.2. The zero-order valence-corrected chi connectivity index (χ0v) is 15.9. The quantitative estimate of drug-likeness (QED) is 0.375. The molecule has 0 aliphatic heterocycles. The Morgan fingerprint density at radius 1 is 1.27 bits per heavy atom. The molecule has 0 aliphatic rings. The Morgan fingerprint density at radius 2 is 2.00 bits per heavy atom. The van der Waals surface area contributed by atoms with Crippen LogP contribution in [-0.2, 0) is 14.9 Å². The summed E-state index contributed by atoms with van der Waals surface area (Å²) < 4.78 is 32.2. The van der Waals surface area contributed by atoms with Gasteiger partial charge in [-0.15, -0.1) is 0 Å². The number of rotatable bonds is 5. The van der Waals surface area contributed by atoms with Crippen molar-refractivity contribution in [3.63, 3.8) is 0 Å². The van der Waals surface area contributed by atoms with E-state index in [4.69, 9.17) is 4.55 Å². The number of halogens is 1. The number of anilines is 2. The molecular formula is C17H14BrN3O4S. The molecule has 0 spiro atoms. The third kappa shape index (κ3) is 5.16. The highest BCUT2D eigenvalue weighted by molar-refractivity contribution is 9.10. The van der Waals surface area contributed by atoms with Gasteiger partial charge in [-0.25, -0.2) is 0 Å². The van der Waals surface area contributed by atoms with Crippen LogP contribution in [0.25, 0.3) is 0 Å². The third-order valence-corrected chi connectivity index (χ3v) is 4.66. The molecule has 26 heavy (non-hydrogen) atoms. The summed E-state index contributed by atoms with van der Waals surface area (Å²) in [5.74, 6) is -0.720. The van der Waals surface area contributed by atoms with Gasteiger partial charge in [0.05, 0.1) is 4.90 Å². The van der Waals surface area contributed by atoms with Crippen LogP contribution in [0.15, 0.2) is 63.6 Å². The number of aryl methyl sites for hydroxylation is 1. The maximum Gasteiger partial charge on any atom is 0.294 e. The molecule has 0 saturated carbocycles. The SMILES string of the molecule is Cc1cc(Br)ccc1N/C=C(/C#N)C(=O)Nc1cccc(S(=O)(=O)O)c1. The van der Waals surface area contributed by atoms with E-state index in [2.05, 4.69) is 26.6 Å². The van der Waals surface area contributed by atoms with Crippen molar-refractivity contribution in [2.75, 3.05) is 10.6 Å². The summed E-state index contributed by atoms with van der Waals surface area (Å²) in [6.07, 6.45) is 1.26. The lowest BCUT2D eigenvalue weighted by Crippen LogP contribution is -2.15. The lowest BCUT2D eigenvalue weighted by Gasteiger charge is -2.08. The summed E-state index contributed by atoms with van der Waals surface area (Å²) in [5, 5.41) is 14.5. The topological polar surface area (TPSA) is 119 Å². The van der Waals surface area contributed by atoms with Crippen molar-refractivity contribution in [2.24, 2.45) is 0 Å². The molecule has 0 bridgehead atoms. The number of nitrogens with zero attached hydrogens (tertiary/aromatic N) is 1. The van der Waals surface area contributed by atoms with Crippen molar-refractivity contribution in [2.45, 2.75) is 11.8 Å². The summed E-state index contributed by atoms with van der Waals surface area (Å²) in [6.45, 7) is 1.87. The average Bonchev–Trinajstić information content (AvgIpc) is 2.56. The van der Waals surface area contributed by atoms with E-state index in [-0.39, 0.29) is 16.2 Å². The van der Waals surface area contributed by atoms with Crippen LogP contribution in [0.1, 0.15) is 5.56 Å². The molecule has 0 saturated heterocycles. The van der Waals surface area contributed by atoms with Crippen molar-refractivity contribution in [1.29, 1.82) is 5.26 Å². The highest BCUT2D eigenvalue weighted by Crippen LogP contribution is 2.20. The smallest absolute Gasteiger partial charge is 0.294 e. The lowest BCUT2D eigenvalue weighted by molar-refractivity contribution is -0.112. The van der Waals surface area contributed by atoms with Crippen LogP contribution >= 0.6 is 15.9 Å². The number of carbonyl (C=O) groups excluding carboxylic acids is 1. The molecule has 1 amide bonds. The van der Waals surface area contributed by atoms with Crippen LogP contribution in [0.3, 0.4) is 0 Å². The Balaban J connectivity index is 2.17. The molecule has 0 unspecified atom stereocenters. The largest absolute Gasteiger partial charge is 0.360 e. The maximum absolute atomic E-state index is 12.2. The van der Waals surface area contributed by atoms with Crippen LogP contribution in [0.5, 0.6) is 0 Å². The van der Waals surface area contributed by atoms with Crippen LogP contribution in [0, 0.1) is 18.3 Å². The van der Waals surface area contributed by atoms with Crippen molar-refractivity contribution in [3.05, 3.63) is 64.3 Å². The maximum atomic E-state index is 12.2. The minimum Gasteiger partial charge on any atom is -0.360 e. The Hall–Kier alpha value is -2.67. The monoisotopic (exact) mass is 435 g/mol. The second-order valence-electron chi connectivity index (χ2n) is 5.23. The minimum absolute atomic E-state index is 0.131. The molecule has 2 aromatic rings. The number of carbonyl (C=O) groups is 1. The second-order valence-corrected chi connectivity index (χ2v) is 7.57. The molecule has 2 rings (SSSR count). The summed E-state index contributed by atoms with van der Waals surface area (Å²) in [5.41, 5.74) is 1.56. The number of benzene rings is 2. The zero-order valence-electron chi connectivity index (χ0n) is 13.5. The highest BCUT2D eigenvalue weighted by Gasteiger charge is 2.13. The van der Waals surface area contributed by atoms with Crippen molar-refractivity contribution in [1.82, 2.24) is 0 Å². The molecule has 0 aromatic heterocycles. The fourth-order valence-electron chi connectivity index (χ4n) is 2.02. The molecule has 0 radical (unpaired) electrons. The molecule has 9 heteroatoms. The number of nitrogens with one attached hydrogen (secondary N) is 2. The van der Waals surface area contributed by atoms with Crippen LogP contribution in [0.2, 0.25) is 0 Å². The minimum atomic E-state index is -4.39. The molecule has 2 aromatic carbocycles. The first-order chi connectivity index (χ1) is 12.2. The van der Waals surface area contributed by atoms with Gasteiger partial charge in [-0.3, -0.25) is 9.35 Å². The standard InChI is InChI=1S/C17H14BrN3O4S/c1-11-7-13(18)5-6-16(11)20-10-12(9-19)17(22)21-14-3-2-4-15(8-14)26(23,24)25/h2-8,10,20H,1H3,(H,21,22)(H,23,24,25)/b12-10-. The van der Waals surface area contributed by atoms with Gasteiger partial charge in [0.1, 0.15) is 11.6 Å². The van der Waals surface area contributed by atoms with E-state index in [1.807, 2.05) is 19.1 Å². The molecule has 0 fully saturated rings. The van der Waals surface area contributed by atoms with Gasteiger partial charge in [-0.2, -0.15) is 13.7 Å². The number of nitriles is 1. The van der Waals surface area contributed by atoms with E-state index in [1.165, 1.54) is 24.4 Å². The van der Waals surface area contributed by atoms with Gasteiger partial charge in [0.15, 0.2) is 0 Å². The Morgan fingerprint density at radius 3 is 2.62 bits per heavy atom. The van der Waals surface area contributed by atoms with Crippen LogP contribution < -0.4 is 10.6 Å². The van der Waals surface area contributed by atoms with Gasteiger partial charge < -0.3 is 10.6 Å². The number of amides is 1. The molecule has 0 aliphatic carbocycles. The van der Waals surface area contributed by atoms with E-state index in [9.17, 15) is 18.5 Å². The van der Waals surface area contributed by atoms with E-state index < -0.39 is 16.0 Å². The van der Waals surface area contributed by atoms with Crippen LogP contribution in [0.4, 0.5) is 11.4 Å². The van der Waals surface area contributed by atoms with Gasteiger partial charge in [-0.1, -0.05) is 22.0 Å². The summed E-state index contributed by atoms with van der Waals surface area (Å²) >= 11 is 3.35. The second kappa shape index (κ2) is 8.14. The fraction of sp³-hybridized carbons (Fsp3) is 0.0588. The first-order valence-corrected chi connectivity index (χ1v) is 9.46. The predicted octanol–water partition coefficient (Wildman–Crippen LogP) is 3.46. The van der Waals surface area contributed by atoms with Gasteiger partial charge in [-0.05, 0) is 48.9 Å². The van der Waals surface area contributed by atoms with E-state index >= 15 is 0 Å². The molecule has 3 N–H and O–H groups in total. The molecular weight excluding hydrogens is 422 g/mol. The molecule has 134 valence electrons. The van der Waals surface area contributed by atoms with Gasteiger partial charge in [0.2, 0.25) is 0 Å². The first kappa shape index (κ1) is 19.7.